The van der Waals surface area contributed by atoms with Crippen LogP contribution in [0.4, 0.5) is 4.79 Å². The third-order valence-electron chi connectivity index (χ3n) is 0.983. The van der Waals surface area contributed by atoms with Gasteiger partial charge in [0.15, 0.2) is 0 Å². The average Bonchev–Trinajstić information content (AvgIpc) is 1.85. The van der Waals surface area contributed by atoms with Crippen molar-refractivity contribution in [3.63, 3.8) is 0 Å². The predicted octanol–water partition coefficient (Wildman–Crippen LogP) is 2.30. The van der Waals surface area contributed by atoms with Crippen molar-refractivity contribution in [3.8, 4) is 0 Å². The summed E-state index contributed by atoms with van der Waals surface area (Å²) in [7, 11) is 0. The normalized spacial score (nSPS) is 9.27. The maximum absolute atomic E-state index is 10.2. The Balaban J connectivity index is 3.03. The molecule has 0 heterocycles. The monoisotopic (exact) mass is 198 g/mol. The lowest BCUT2D eigenvalue weighted by atomic mass is 10.3. The molecule has 3 nitrogen and oxygen atoms in total. The van der Waals surface area contributed by atoms with Gasteiger partial charge < -0.3 is 4.74 Å². The highest BCUT2D eigenvalue weighted by molar-refractivity contribution is 6.63. The second-order valence-corrected chi connectivity index (χ2v) is 2.63. The van der Waals surface area contributed by atoms with E-state index in [1.165, 1.54) is 0 Å². The van der Waals surface area contributed by atoms with Crippen LogP contribution in [0.3, 0.4) is 0 Å². The summed E-state index contributed by atoms with van der Waals surface area (Å²) in [5.41, 5.74) is -0.817. The third-order valence-corrected chi connectivity index (χ3v) is 1.28. The van der Waals surface area contributed by atoms with Crippen LogP contribution < -0.4 is 0 Å². The number of carbonyl (C=O) groups excluding carboxylic acids is 2. The summed E-state index contributed by atoms with van der Waals surface area (Å²) in [6.45, 7) is 0.243. The molecule has 5 heteroatoms. The van der Waals surface area contributed by atoms with Crippen LogP contribution in [0.5, 0.6) is 0 Å². The molecule has 0 bridgehead atoms. The van der Waals surface area contributed by atoms with E-state index in [9.17, 15) is 9.59 Å². The highest BCUT2D eigenvalue weighted by Crippen LogP contribution is 2.00. The van der Waals surface area contributed by atoms with Gasteiger partial charge in [-0.25, -0.2) is 4.79 Å². The summed E-state index contributed by atoms with van der Waals surface area (Å²) in [5.74, 6) is 0. The first-order valence-corrected chi connectivity index (χ1v) is 3.89. The van der Waals surface area contributed by atoms with Gasteiger partial charge in [0, 0.05) is 18.0 Å². The van der Waals surface area contributed by atoms with Crippen molar-refractivity contribution >= 4 is 33.9 Å². The highest BCUT2D eigenvalue weighted by Gasteiger charge is 1.97. The first-order chi connectivity index (χ1) is 5.13. The lowest BCUT2D eigenvalue weighted by molar-refractivity contribution is -0.111. The van der Waals surface area contributed by atoms with Crippen LogP contribution >= 0.6 is 23.2 Å². The maximum Gasteiger partial charge on any atom is 0.403 e. The molecule has 0 aliphatic rings. The Labute approximate surface area is 74.6 Å². The Morgan fingerprint density at radius 3 is 2.27 bits per heavy atom. The number of hydrogen-bond acceptors (Lipinski definition) is 3. The van der Waals surface area contributed by atoms with Crippen LogP contribution in [-0.2, 0) is 9.53 Å². The van der Waals surface area contributed by atoms with Gasteiger partial charge in [-0.05, 0) is 24.4 Å². The molecule has 11 heavy (non-hydrogen) atoms. The topological polar surface area (TPSA) is 43.4 Å². The Hall–Kier alpha value is -0.280. The van der Waals surface area contributed by atoms with E-state index in [0.717, 1.165) is 0 Å². The van der Waals surface area contributed by atoms with E-state index >= 15 is 0 Å². The number of carbonyl (C=O) groups is 2. The zero-order chi connectivity index (χ0) is 8.69. The van der Waals surface area contributed by atoms with E-state index in [2.05, 4.69) is 4.74 Å². The fraction of sp³-hybridized carbons (Fsp3) is 0.667. The lowest BCUT2D eigenvalue weighted by Crippen LogP contribution is -1.97. The van der Waals surface area contributed by atoms with Gasteiger partial charge in [-0.3, -0.25) is 4.79 Å². The van der Waals surface area contributed by atoms with E-state index < -0.39 is 5.43 Å². The fourth-order valence-electron chi connectivity index (χ4n) is 0.518. The molecular weight excluding hydrogens is 191 g/mol. The SMILES string of the molecule is O=C(Cl)CCCCOC(=O)Cl. The molecule has 0 spiro atoms. The minimum atomic E-state index is -0.817. The summed E-state index contributed by atoms with van der Waals surface area (Å²) in [6, 6.07) is 0. The van der Waals surface area contributed by atoms with Gasteiger partial charge in [0.25, 0.3) is 0 Å². The minimum absolute atomic E-state index is 0.243. The van der Waals surface area contributed by atoms with E-state index in [0.29, 0.717) is 19.3 Å². The third kappa shape index (κ3) is 9.72. The number of halogens is 2. The molecule has 0 atom stereocenters. The molecule has 0 fully saturated rings. The number of hydrogen-bond donors (Lipinski definition) is 0. The summed E-state index contributed by atoms with van der Waals surface area (Å²) in [6.07, 6.45) is 1.53. The van der Waals surface area contributed by atoms with Crippen molar-refractivity contribution in [1.29, 1.82) is 0 Å². The summed E-state index contributed by atoms with van der Waals surface area (Å²) >= 11 is 9.91. The average molecular weight is 199 g/mol. The highest BCUT2D eigenvalue weighted by atomic mass is 35.5. The zero-order valence-electron chi connectivity index (χ0n) is 5.81. The number of ether oxygens (including phenoxy) is 1. The molecule has 0 saturated heterocycles. The smallest absolute Gasteiger partial charge is 0.403 e. The first kappa shape index (κ1) is 10.7. The molecule has 0 radical (unpaired) electrons. The minimum Gasteiger partial charge on any atom is -0.454 e. The number of unbranched alkanes of at least 4 members (excludes halogenated alkanes) is 1. The number of rotatable bonds is 5. The Kier molecular flexibility index (Phi) is 6.27. The van der Waals surface area contributed by atoms with Crippen molar-refractivity contribution in [2.75, 3.05) is 6.61 Å². The molecule has 0 unspecified atom stereocenters. The van der Waals surface area contributed by atoms with Crippen LogP contribution in [0.1, 0.15) is 19.3 Å². The molecule has 0 N–H and O–H groups in total. The molecule has 0 aliphatic heterocycles. The Bertz CT molecular complexity index is 131. The van der Waals surface area contributed by atoms with Gasteiger partial charge in [-0.15, -0.1) is 0 Å². The molecule has 0 rings (SSSR count). The van der Waals surface area contributed by atoms with Gasteiger partial charge in [-0.1, -0.05) is 0 Å². The van der Waals surface area contributed by atoms with Crippen LogP contribution in [-0.4, -0.2) is 17.3 Å². The van der Waals surface area contributed by atoms with Crippen LogP contribution in [0.25, 0.3) is 0 Å². The molecule has 0 aromatic heterocycles. The summed E-state index contributed by atoms with van der Waals surface area (Å²) < 4.78 is 4.40. The summed E-state index contributed by atoms with van der Waals surface area (Å²) in [5, 5.41) is -0.373. The maximum atomic E-state index is 10.2. The fourth-order valence-corrected chi connectivity index (χ4v) is 0.729. The van der Waals surface area contributed by atoms with Gasteiger partial charge in [0.2, 0.25) is 5.24 Å². The van der Waals surface area contributed by atoms with Crippen molar-refractivity contribution in [1.82, 2.24) is 0 Å². The van der Waals surface area contributed by atoms with Crippen molar-refractivity contribution in [3.05, 3.63) is 0 Å². The molecule has 0 saturated carbocycles. The van der Waals surface area contributed by atoms with Gasteiger partial charge >= 0.3 is 5.43 Å². The molecule has 0 aliphatic carbocycles. The van der Waals surface area contributed by atoms with Gasteiger partial charge in [0.1, 0.15) is 0 Å². The zero-order valence-corrected chi connectivity index (χ0v) is 7.32. The first-order valence-electron chi connectivity index (χ1n) is 3.13. The lowest BCUT2D eigenvalue weighted by Gasteiger charge is -1.97. The Morgan fingerprint density at radius 2 is 1.82 bits per heavy atom. The van der Waals surface area contributed by atoms with Gasteiger partial charge in [-0.2, -0.15) is 0 Å². The Morgan fingerprint density at radius 1 is 1.18 bits per heavy atom. The van der Waals surface area contributed by atoms with E-state index in [-0.39, 0.29) is 11.8 Å². The van der Waals surface area contributed by atoms with Crippen LogP contribution in [0.15, 0.2) is 0 Å². The molecule has 64 valence electrons. The van der Waals surface area contributed by atoms with Crippen LogP contribution in [0.2, 0.25) is 0 Å². The van der Waals surface area contributed by atoms with E-state index in [1.54, 1.807) is 0 Å². The van der Waals surface area contributed by atoms with Crippen molar-refractivity contribution < 1.29 is 14.3 Å². The second kappa shape index (κ2) is 6.43. The van der Waals surface area contributed by atoms with E-state index in [4.69, 9.17) is 23.2 Å². The van der Waals surface area contributed by atoms with Crippen LogP contribution in [0, 0.1) is 0 Å². The molecule has 0 aromatic rings. The second-order valence-electron chi connectivity index (χ2n) is 1.90. The standard InChI is InChI=1S/C6H8Cl2O3/c7-5(9)3-1-2-4-11-6(8)10/h1-4H2. The largest absolute Gasteiger partial charge is 0.454 e. The molecular formula is C6H8Cl2O3. The predicted molar refractivity (Wildman–Crippen MR) is 41.9 cm³/mol. The quantitative estimate of drug-likeness (QED) is 0.503. The van der Waals surface area contributed by atoms with E-state index in [1.807, 2.05) is 0 Å². The van der Waals surface area contributed by atoms with Crippen molar-refractivity contribution in [2.45, 2.75) is 19.3 Å². The molecule has 0 aromatic carbocycles. The molecule has 0 amide bonds. The van der Waals surface area contributed by atoms with Gasteiger partial charge in [0.05, 0.1) is 6.61 Å². The van der Waals surface area contributed by atoms with Crippen molar-refractivity contribution in [2.24, 2.45) is 0 Å². The summed E-state index contributed by atoms with van der Waals surface area (Å²) in [4.78, 5) is 20.2.